The highest BCUT2D eigenvalue weighted by atomic mass is 16.4. The molecule has 13 heavy (non-hydrogen) atoms. The van der Waals surface area contributed by atoms with Crippen molar-refractivity contribution in [2.45, 2.75) is 38.6 Å². The van der Waals surface area contributed by atoms with E-state index in [4.69, 9.17) is 0 Å². The Labute approximate surface area is 79.6 Å². The van der Waals surface area contributed by atoms with Gasteiger partial charge in [-0.3, -0.25) is 0 Å². The Morgan fingerprint density at radius 2 is 1.69 bits per heavy atom. The number of hydrogen-bond donors (Lipinski definition) is 4. The molecule has 0 rings (SSSR count). The number of aliphatic hydroxyl groups excluding tert-OH is 3. The van der Waals surface area contributed by atoms with E-state index in [2.05, 4.69) is 0 Å². The quantitative estimate of drug-likeness (QED) is 0.405. The Balaban J connectivity index is 3.99. The molecule has 4 atom stereocenters. The Kier molecular flexibility index (Phi) is 6.24. The molecular formula is C9H22NO3+. The monoisotopic (exact) mass is 192 g/mol. The first kappa shape index (κ1) is 12.8. The van der Waals surface area contributed by atoms with Crippen molar-refractivity contribution in [3.8, 4) is 0 Å². The van der Waals surface area contributed by atoms with Gasteiger partial charge in [0.1, 0.15) is 18.8 Å². The SMILES string of the molecule is CCC(C)C(O)C(O)C(O)C[NH2+]C. The topological polar surface area (TPSA) is 77.3 Å². The smallest absolute Gasteiger partial charge is 0.131 e. The molecule has 0 fully saturated rings. The standard InChI is InChI=1S/C9H21NO3/c1-4-6(2)8(12)9(13)7(11)5-10-3/h6-13H,4-5H2,1-3H3/p+1. The van der Waals surface area contributed by atoms with Crippen LogP contribution in [0.4, 0.5) is 0 Å². The summed E-state index contributed by atoms with van der Waals surface area (Å²) in [7, 11) is 1.81. The number of aliphatic hydroxyl groups is 3. The van der Waals surface area contributed by atoms with Crippen LogP contribution in [0.25, 0.3) is 0 Å². The molecule has 4 unspecified atom stereocenters. The molecule has 0 bridgehead atoms. The Bertz CT molecular complexity index is 132. The van der Waals surface area contributed by atoms with Crippen molar-refractivity contribution in [2.24, 2.45) is 5.92 Å². The molecule has 0 aliphatic heterocycles. The lowest BCUT2D eigenvalue weighted by atomic mass is 9.94. The second kappa shape index (κ2) is 6.32. The van der Waals surface area contributed by atoms with E-state index in [-0.39, 0.29) is 5.92 Å². The first-order chi connectivity index (χ1) is 6.04. The number of nitrogens with two attached hydrogens (primary N) is 1. The predicted molar refractivity (Wildman–Crippen MR) is 50.2 cm³/mol. The van der Waals surface area contributed by atoms with Gasteiger partial charge in [-0.2, -0.15) is 0 Å². The van der Waals surface area contributed by atoms with Gasteiger partial charge >= 0.3 is 0 Å². The molecule has 5 N–H and O–H groups in total. The van der Waals surface area contributed by atoms with E-state index in [0.29, 0.717) is 6.54 Å². The maximum atomic E-state index is 9.56. The second-order valence-corrected chi connectivity index (χ2v) is 3.58. The summed E-state index contributed by atoms with van der Waals surface area (Å²) in [6, 6.07) is 0. The van der Waals surface area contributed by atoms with E-state index in [1.54, 1.807) is 5.32 Å². The molecule has 0 aliphatic rings. The van der Waals surface area contributed by atoms with Gasteiger partial charge in [0.15, 0.2) is 0 Å². The van der Waals surface area contributed by atoms with Gasteiger partial charge in [-0.05, 0) is 5.92 Å². The maximum absolute atomic E-state index is 9.56. The van der Waals surface area contributed by atoms with E-state index in [9.17, 15) is 15.3 Å². The molecule has 4 heteroatoms. The van der Waals surface area contributed by atoms with Crippen molar-refractivity contribution in [1.29, 1.82) is 0 Å². The minimum atomic E-state index is -1.04. The number of hydrogen-bond acceptors (Lipinski definition) is 3. The van der Waals surface area contributed by atoms with Crippen molar-refractivity contribution in [2.75, 3.05) is 13.6 Å². The molecule has 0 spiro atoms. The summed E-state index contributed by atoms with van der Waals surface area (Å²) in [6.07, 6.45) is -1.93. The molecule has 0 saturated carbocycles. The van der Waals surface area contributed by atoms with Gasteiger partial charge in [0, 0.05) is 0 Å². The van der Waals surface area contributed by atoms with E-state index < -0.39 is 18.3 Å². The molecule has 0 aliphatic carbocycles. The van der Waals surface area contributed by atoms with Gasteiger partial charge in [-0.1, -0.05) is 20.3 Å². The van der Waals surface area contributed by atoms with Crippen LogP contribution in [0.2, 0.25) is 0 Å². The third kappa shape index (κ3) is 4.04. The summed E-state index contributed by atoms with van der Waals surface area (Å²) in [6.45, 7) is 4.21. The molecule has 0 heterocycles. The summed E-state index contributed by atoms with van der Waals surface area (Å²) in [5, 5.41) is 30.2. The highest BCUT2D eigenvalue weighted by Crippen LogP contribution is 2.12. The molecule has 0 amide bonds. The van der Waals surface area contributed by atoms with Crippen molar-refractivity contribution in [3.63, 3.8) is 0 Å². The fourth-order valence-electron chi connectivity index (χ4n) is 1.19. The van der Waals surface area contributed by atoms with Gasteiger partial charge < -0.3 is 20.6 Å². The van der Waals surface area contributed by atoms with Gasteiger partial charge in [0.05, 0.1) is 13.2 Å². The molecule has 80 valence electrons. The summed E-state index contributed by atoms with van der Waals surface area (Å²) < 4.78 is 0. The third-order valence-corrected chi connectivity index (χ3v) is 2.45. The minimum Gasteiger partial charge on any atom is -0.390 e. The summed E-state index contributed by atoms with van der Waals surface area (Å²) in [5.74, 6) is 0.0153. The van der Waals surface area contributed by atoms with Crippen LogP contribution in [0.3, 0.4) is 0 Å². The average Bonchev–Trinajstić information content (AvgIpc) is 2.14. The van der Waals surface area contributed by atoms with Crippen LogP contribution in [0, 0.1) is 5.92 Å². The molecule has 0 aromatic carbocycles. The van der Waals surface area contributed by atoms with E-state index >= 15 is 0 Å². The highest BCUT2D eigenvalue weighted by molar-refractivity contribution is 4.77. The first-order valence-electron chi connectivity index (χ1n) is 4.86. The van der Waals surface area contributed by atoms with Crippen LogP contribution in [-0.4, -0.2) is 47.2 Å². The Hall–Kier alpha value is -0.160. The van der Waals surface area contributed by atoms with E-state index in [1.807, 2.05) is 20.9 Å². The van der Waals surface area contributed by atoms with Gasteiger partial charge in [0.25, 0.3) is 0 Å². The lowest BCUT2D eigenvalue weighted by molar-refractivity contribution is -0.635. The highest BCUT2D eigenvalue weighted by Gasteiger charge is 2.28. The lowest BCUT2D eigenvalue weighted by Gasteiger charge is -2.25. The van der Waals surface area contributed by atoms with Crippen molar-refractivity contribution in [1.82, 2.24) is 0 Å². The van der Waals surface area contributed by atoms with Gasteiger partial charge in [-0.15, -0.1) is 0 Å². The minimum absolute atomic E-state index is 0.0153. The summed E-state index contributed by atoms with van der Waals surface area (Å²) >= 11 is 0. The molecule has 4 nitrogen and oxygen atoms in total. The summed E-state index contributed by atoms with van der Waals surface area (Å²) in [5.41, 5.74) is 0. The van der Waals surface area contributed by atoms with Crippen LogP contribution in [0.15, 0.2) is 0 Å². The third-order valence-electron chi connectivity index (χ3n) is 2.45. The molecule has 0 aromatic rings. The van der Waals surface area contributed by atoms with Gasteiger partial charge in [0.2, 0.25) is 0 Å². The van der Waals surface area contributed by atoms with Crippen molar-refractivity contribution in [3.05, 3.63) is 0 Å². The number of rotatable bonds is 6. The maximum Gasteiger partial charge on any atom is 0.131 e. The number of quaternary nitrogens is 1. The second-order valence-electron chi connectivity index (χ2n) is 3.58. The fourth-order valence-corrected chi connectivity index (χ4v) is 1.19. The van der Waals surface area contributed by atoms with E-state index in [0.717, 1.165) is 6.42 Å². The molecule has 0 aromatic heterocycles. The largest absolute Gasteiger partial charge is 0.390 e. The zero-order chi connectivity index (χ0) is 10.4. The molecular weight excluding hydrogens is 170 g/mol. The first-order valence-corrected chi connectivity index (χ1v) is 4.86. The number of likely N-dealkylation sites (N-methyl/N-ethyl adjacent to an activating group) is 1. The lowest BCUT2D eigenvalue weighted by Crippen LogP contribution is -2.83. The molecule has 0 radical (unpaired) electrons. The van der Waals surface area contributed by atoms with Crippen LogP contribution in [0.1, 0.15) is 20.3 Å². The normalized spacial score (nSPS) is 20.8. The predicted octanol–water partition coefficient (Wildman–Crippen LogP) is -1.69. The average molecular weight is 192 g/mol. The van der Waals surface area contributed by atoms with E-state index in [1.165, 1.54) is 0 Å². The van der Waals surface area contributed by atoms with Crippen LogP contribution in [0.5, 0.6) is 0 Å². The van der Waals surface area contributed by atoms with Crippen molar-refractivity contribution < 1.29 is 20.6 Å². The zero-order valence-corrected chi connectivity index (χ0v) is 8.64. The summed E-state index contributed by atoms with van der Waals surface area (Å²) in [4.78, 5) is 0. The van der Waals surface area contributed by atoms with Crippen LogP contribution >= 0.6 is 0 Å². The Morgan fingerprint density at radius 1 is 1.15 bits per heavy atom. The molecule has 0 saturated heterocycles. The zero-order valence-electron chi connectivity index (χ0n) is 8.64. The van der Waals surface area contributed by atoms with Crippen LogP contribution < -0.4 is 5.32 Å². The van der Waals surface area contributed by atoms with Gasteiger partial charge in [-0.25, -0.2) is 0 Å². The van der Waals surface area contributed by atoms with Crippen LogP contribution in [-0.2, 0) is 0 Å². The fraction of sp³-hybridized carbons (Fsp3) is 1.00. The van der Waals surface area contributed by atoms with Crippen molar-refractivity contribution >= 4 is 0 Å². The Morgan fingerprint density at radius 3 is 2.08 bits per heavy atom.